The van der Waals surface area contributed by atoms with Crippen molar-refractivity contribution in [3.05, 3.63) is 100 Å². The Labute approximate surface area is 188 Å². The number of benzene rings is 3. The Balaban J connectivity index is 1.51. The molecule has 0 aliphatic rings. The minimum absolute atomic E-state index is 0.313. The van der Waals surface area contributed by atoms with Crippen molar-refractivity contribution in [3.63, 3.8) is 0 Å². The van der Waals surface area contributed by atoms with Crippen LogP contribution in [0.3, 0.4) is 0 Å². The molecule has 3 rings (SSSR count). The van der Waals surface area contributed by atoms with Gasteiger partial charge in [-0.2, -0.15) is 5.10 Å². The molecule has 0 atom stereocenters. The summed E-state index contributed by atoms with van der Waals surface area (Å²) in [6.07, 6.45) is 4.52. The number of methoxy groups -OCH3 is 1. The molecular weight excluding hydrogens is 460 g/mol. The van der Waals surface area contributed by atoms with Gasteiger partial charge in [-0.05, 0) is 71.8 Å². The Hall–Kier alpha value is -3.71. The molecule has 7 heteroatoms. The lowest BCUT2D eigenvalue weighted by molar-refractivity contribution is -0.128. The second-order valence-electron chi connectivity index (χ2n) is 6.31. The van der Waals surface area contributed by atoms with E-state index in [0.29, 0.717) is 11.3 Å². The highest BCUT2D eigenvalue weighted by Crippen LogP contribution is 2.14. The van der Waals surface area contributed by atoms with Crippen LogP contribution in [0.1, 0.15) is 21.5 Å². The molecule has 0 aliphatic carbocycles. The number of halogens is 1. The zero-order valence-electron chi connectivity index (χ0n) is 16.6. The number of hydrogen-bond acceptors (Lipinski definition) is 5. The van der Waals surface area contributed by atoms with Crippen LogP contribution in [0.15, 0.2) is 88.4 Å². The van der Waals surface area contributed by atoms with Crippen LogP contribution in [-0.2, 0) is 4.79 Å². The second kappa shape index (κ2) is 10.9. The predicted molar refractivity (Wildman–Crippen MR) is 123 cm³/mol. The SMILES string of the molecule is COc1ccc(C=CC(=O)Oc2ccc(C=NNC(=O)c3cccc(Br)c3)cc2)cc1. The first-order valence-electron chi connectivity index (χ1n) is 9.26. The van der Waals surface area contributed by atoms with Gasteiger partial charge in [-0.25, -0.2) is 10.2 Å². The van der Waals surface area contributed by atoms with E-state index in [2.05, 4.69) is 26.5 Å². The average Bonchev–Trinajstić information content (AvgIpc) is 2.79. The van der Waals surface area contributed by atoms with E-state index in [1.807, 2.05) is 30.3 Å². The Morgan fingerprint density at radius 2 is 1.61 bits per heavy atom. The normalized spacial score (nSPS) is 10.9. The molecule has 0 aromatic heterocycles. The molecule has 0 radical (unpaired) electrons. The largest absolute Gasteiger partial charge is 0.497 e. The smallest absolute Gasteiger partial charge is 0.336 e. The summed E-state index contributed by atoms with van der Waals surface area (Å²) < 4.78 is 11.2. The van der Waals surface area contributed by atoms with Crippen LogP contribution in [0.5, 0.6) is 11.5 Å². The number of esters is 1. The molecule has 1 amide bonds. The third-order valence-corrected chi connectivity index (χ3v) is 4.59. The van der Waals surface area contributed by atoms with E-state index in [1.54, 1.807) is 55.7 Å². The lowest BCUT2D eigenvalue weighted by atomic mass is 10.2. The molecule has 31 heavy (non-hydrogen) atoms. The van der Waals surface area contributed by atoms with Crippen molar-refractivity contribution in [3.8, 4) is 11.5 Å². The summed E-state index contributed by atoms with van der Waals surface area (Å²) in [6.45, 7) is 0. The van der Waals surface area contributed by atoms with Gasteiger partial charge in [0, 0.05) is 16.1 Å². The molecule has 6 nitrogen and oxygen atoms in total. The Bertz CT molecular complexity index is 1110. The number of nitrogens with one attached hydrogen (secondary N) is 1. The lowest BCUT2D eigenvalue weighted by Crippen LogP contribution is -2.17. The molecule has 0 aliphatic heterocycles. The molecule has 156 valence electrons. The zero-order valence-corrected chi connectivity index (χ0v) is 18.2. The molecule has 0 unspecified atom stereocenters. The molecule has 1 N–H and O–H groups in total. The maximum atomic E-state index is 12.0. The van der Waals surface area contributed by atoms with E-state index in [9.17, 15) is 9.59 Å². The third-order valence-electron chi connectivity index (χ3n) is 4.09. The van der Waals surface area contributed by atoms with Gasteiger partial charge in [-0.15, -0.1) is 0 Å². The number of hydrogen-bond donors (Lipinski definition) is 1. The van der Waals surface area contributed by atoms with Crippen LogP contribution < -0.4 is 14.9 Å². The van der Waals surface area contributed by atoms with Crippen LogP contribution in [-0.4, -0.2) is 25.2 Å². The maximum Gasteiger partial charge on any atom is 0.336 e. The minimum atomic E-state index is -0.487. The molecule has 0 fully saturated rings. The van der Waals surface area contributed by atoms with Gasteiger partial charge in [0.2, 0.25) is 0 Å². The monoisotopic (exact) mass is 478 g/mol. The lowest BCUT2D eigenvalue weighted by Gasteiger charge is -2.02. The molecule has 0 heterocycles. The quantitative estimate of drug-likeness (QED) is 0.173. The Kier molecular flexibility index (Phi) is 7.73. The predicted octanol–water partition coefficient (Wildman–Crippen LogP) is 4.84. The highest BCUT2D eigenvalue weighted by atomic mass is 79.9. The highest BCUT2D eigenvalue weighted by molar-refractivity contribution is 9.10. The van der Waals surface area contributed by atoms with Crippen molar-refractivity contribution >= 4 is 40.1 Å². The van der Waals surface area contributed by atoms with Crippen LogP contribution in [0.2, 0.25) is 0 Å². The van der Waals surface area contributed by atoms with Crippen LogP contribution >= 0.6 is 15.9 Å². The fourth-order valence-corrected chi connectivity index (χ4v) is 2.91. The van der Waals surface area contributed by atoms with Crippen molar-refractivity contribution in [2.45, 2.75) is 0 Å². The first-order chi connectivity index (χ1) is 15.0. The zero-order chi connectivity index (χ0) is 22.1. The summed E-state index contributed by atoms with van der Waals surface area (Å²) in [6, 6.07) is 21.1. The van der Waals surface area contributed by atoms with Gasteiger partial charge in [-0.3, -0.25) is 4.79 Å². The number of nitrogens with zero attached hydrogens (tertiary/aromatic N) is 1. The highest BCUT2D eigenvalue weighted by Gasteiger charge is 2.04. The number of amides is 1. The van der Waals surface area contributed by atoms with Crippen molar-refractivity contribution in [1.82, 2.24) is 5.43 Å². The standard InChI is InChI=1S/C24H19BrN2O4/c1-30-21-10-5-17(6-11-21)9-14-23(28)31-22-12-7-18(8-13-22)16-26-27-24(29)19-3-2-4-20(25)15-19/h2-16H,1H3,(H,27,29). The first kappa shape index (κ1) is 22.0. The molecule has 0 saturated heterocycles. The first-order valence-corrected chi connectivity index (χ1v) is 10.1. The van der Waals surface area contributed by atoms with E-state index >= 15 is 0 Å². The average molecular weight is 479 g/mol. The number of carbonyl (C=O) groups is 2. The number of carbonyl (C=O) groups excluding carboxylic acids is 2. The van der Waals surface area contributed by atoms with Crippen LogP contribution in [0.25, 0.3) is 6.08 Å². The van der Waals surface area contributed by atoms with Crippen molar-refractivity contribution < 1.29 is 19.1 Å². The Morgan fingerprint density at radius 3 is 2.29 bits per heavy atom. The van der Waals surface area contributed by atoms with Crippen molar-refractivity contribution in [2.24, 2.45) is 5.10 Å². The topological polar surface area (TPSA) is 77.0 Å². The summed E-state index contributed by atoms with van der Waals surface area (Å²) in [7, 11) is 1.60. The molecule has 0 saturated carbocycles. The third kappa shape index (κ3) is 6.94. The van der Waals surface area contributed by atoms with E-state index in [-0.39, 0.29) is 5.91 Å². The fourth-order valence-electron chi connectivity index (χ4n) is 2.51. The van der Waals surface area contributed by atoms with Gasteiger partial charge in [0.15, 0.2) is 0 Å². The minimum Gasteiger partial charge on any atom is -0.497 e. The van der Waals surface area contributed by atoms with Crippen LogP contribution in [0, 0.1) is 0 Å². The maximum absolute atomic E-state index is 12.0. The fraction of sp³-hybridized carbons (Fsp3) is 0.0417. The van der Waals surface area contributed by atoms with Gasteiger partial charge in [-0.1, -0.05) is 34.1 Å². The van der Waals surface area contributed by atoms with Gasteiger partial charge in [0.1, 0.15) is 11.5 Å². The van der Waals surface area contributed by atoms with E-state index in [1.165, 1.54) is 12.3 Å². The summed E-state index contributed by atoms with van der Waals surface area (Å²) in [5.41, 5.74) is 4.56. The molecule has 0 spiro atoms. The van der Waals surface area contributed by atoms with Gasteiger partial charge < -0.3 is 9.47 Å². The molecule has 3 aromatic carbocycles. The number of rotatable bonds is 7. The summed E-state index contributed by atoms with van der Waals surface area (Å²) >= 11 is 3.32. The summed E-state index contributed by atoms with van der Waals surface area (Å²) in [4.78, 5) is 24.0. The van der Waals surface area contributed by atoms with Gasteiger partial charge in [0.25, 0.3) is 5.91 Å². The van der Waals surface area contributed by atoms with Crippen molar-refractivity contribution in [1.29, 1.82) is 0 Å². The Morgan fingerprint density at radius 1 is 0.935 bits per heavy atom. The van der Waals surface area contributed by atoms with E-state index < -0.39 is 5.97 Å². The van der Waals surface area contributed by atoms with E-state index in [4.69, 9.17) is 9.47 Å². The van der Waals surface area contributed by atoms with Gasteiger partial charge >= 0.3 is 5.97 Å². The number of hydrazone groups is 1. The number of ether oxygens (including phenoxy) is 2. The molecule has 3 aromatic rings. The molecule has 0 bridgehead atoms. The summed E-state index contributed by atoms with van der Waals surface area (Å²) in [5.74, 6) is 0.348. The van der Waals surface area contributed by atoms with Gasteiger partial charge in [0.05, 0.1) is 13.3 Å². The van der Waals surface area contributed by atoms with Crippen LogP contribution in [0.4, 0.5) is 0 Å². The molecular formula is C24H19BrN2O4. The van der Waals surface area contributed by atoms with Crippen molar-refractivity contribution in [2.75, 3.05) is 7.11 Å². The second-order valence-corrected chi connectivity index (χ2v) is 7.22. The van der Waals surface area contributed by atoms with E-state index in [0.717, 1.165) is 21.3 Å². The summed E-state index contributed by atoms with van der Waals surface area (Å²) in [5, 5.41) is 3.95.